The van der Waals surface area contributed by atoms with Crippen molar-refractivity contribution in [2.75, 3.05) is 11.9 Å². The van der Waals surface area contributed by atoms with Crippen LogP contribution < -0.4 is 5.32 Å². The maximum Gasteiger partial charge on any atom is 0.230 e. The summed E-state index contributed by atoms with van der Waals surface area (Å²) in [5, 5.41) is 22.3. The third-order valence-electron chi connectivity index (χ3n) is 3.65. The molecule has 24 heavy (non-hydrogen) atoms. The monoisotopic (exact) mass is 346 g/mol. The van der Waals surface area contributed by atoms with Crippen LogP contribution in [0.4, 0.5) is 5.82 Å². The van der Waals surface area contributed by atoms with Gasteiger partial charge in [0.25, 0.3) is 0 Å². The summed E-state index contributed by atoms with van der Waals surface area (Å²) in [4.78, 5) is 13.4. The standard InChI is InChI=1S/C16H18N4O3S/c1-10-12(11(2)23-19-10)8-16(22)17-15-9-13(14-4-3-7-24-14)18-20(15)5-6-21/h3-4,7,9,21H,5-6,8H2,1-2H3,(H,17,22). The number of aliphatic hydroxyl groups excluding tert-OH is 1. The molecule has 0 aliphatic heterocycles. The highest BCUT2D eigenvalue weighted by Crippen LogP contribution is 2.26. The molecule has 0 saturated heterocycles. The van der Waals surface area contributed by atoms with E-state index in [2.05, 4.69) is 15.6 Å². The molecule has 2 N–H and O–H groups in total. The molecule has 0 atom stereocenters. The highest BCUT2D eigenvalue weighted by molar-refractivity contribution is 7.13. The third-order valence-corrected chi connectivity index (χ3v) is 4.54. The van der Waals surface area contributed by atoms with E-state index in [0.717, 1.165) is 16.1 Å². The fraction of sp³-hybridized carbons (Fsp3) is 0.312. The van der Waals surface area contributed by atoms with Gasteiger partial charge in [0.2, 0.25) is 5.91 Å². The fourth-order valence-corrected chi connectivity index (χ4v) is 3.11. The van der Waals surface area contributed by atoms with E-state index in [1.165, 1.54) is 0 Å². The number of aryl methyl sites for hydroxylation is 2. The van der Waals surface area contributed by atoms with Crippen molar-refractivity contribution in [1.29, 1.82) is 0 Å². The topological polar surface area (TPSA) is 93.2 Å². The van der Waals surface area contributed by atoms with Crippen molar-refractivity contribution >= 4 is 23.1 Å². The molecule has 0 spiro atoms. The van der Waals surface area contributed by atoms with E-state index < -0.39 is 0 Å². The van der Waals surface area contributed by atoms with Crippen LogP contribution in [0.2, 0.25) is 0 Å². The quantitative estimate of drug-likeness (QED) is 0.715. The molecule has 0 aliphatic carbocycles. The highest BCUT2D eigenvalue weighted by atomic mass is 32.1. The third kappa shape index (κ3) is 3.39. The molecule has 7 nitrogen and oxygen atoms in total. The minimum Gasteiger partial charge on any atom is -0.394 e. The Morgan fingerprint density at radius 1 is 1.46 bits per heavy atom. The maximum atomic E-state index is 12.4. The summed E-state index contributed by atoms with van der Waals surface area (Å²) >= 11 is 1.57. The Bertz CT molecular complexity index is 816. The fourth-order valence-electron chi connectivity index (χ4n) is 2.43. The Kier molecular flexibility index (Phi) is 4.77. The Morgan fingerprint density at radius 2 is 2.29 bits per heavy atom. The first-order valence-corrected chi connectivity index (χ1v) is 8.40. The van der Waals surface area contributed by atoms with Crippen molar-refractivity contribution in [3.8, 4) is 10.6 Å². The normalized spacial score (nSPS) is 11.0. The number of rotatable bonds is 6. The number of amides is 1. The molecule has 0 aromatic carbocycles. The van der Waals surface area contributed by atoms with Gasteiger partial charge in [0, 0.05) is 11.6 Å². The van der Waals surface area contributed by atoms with E-state index in [1.807, 2.05) is 30.5 Å². The first-order valence-electron chi connectivity index (χ1n) is 7.52. The van der Waals surface area contributed by atoms with Gasteiger partial charge in [0.15, 0.2) is 0 Å². The molecule has 126 valence electrons. The summed E-state index contributed by atoms with van der Waals surface area (Å²) in [5.41, 5.74) is 2.27. The molecule has 3 rings (SSSR count). The average Bonchev–Trinajstić information content (AvgIpc) is 3.26. The number of aromatic nitrogens is 3. The summed E-state index contributed by atoms with van der Waals surface area (Å²) in [7, 11) is 0. The Balaban J connectivity index is 1.79. The van der Waals surface area contributed by atoms with Crippen molar-refractivity contribution in [2.24, 2.45) is 0 Å². The van der Waals surface area contributed by atoms with Crippen LogP contribution >= 0.6 is 11.3 Å². The summed E-state index contributed by atoms with van der Waals surface area (Å²) in [6, 6.07) is 5.72. The SMILES string of the molecule is Cc1noc(C)c1CC(=O)Nc1cc(-c2cccs2)nn1CCO. The predicted octanol–water partition coefficient (Wildman–Crippen LogP) is 2.39. The van der Waals surface area contributed by atoms with Gasteiger partial charge in [-0.15, -0.1) is 11.3 Å². The molecule has 8 heteroatoms. The van der Waals surface area contributed by atoms with Gasteiger partial charge in [-0.05, 0) is 25.3 Å². The molecular weight excluding hydrogens is 328 g/mol. The second-order valence-electron chi connectivity index (χ2n) is 5.37. The summed E-state index contributed by atoms with van der Waals surface area (Å²) in [6.45, 7) is 3.85. The van der Waals surface area contributed by atoms with Crippen molar-refractivity contribution in [2.45, 2.75) is 26.8 Å². The molecule has 0 unspecified atom stereocenters. The van der Waals surface area contributed by atoms with Crippen LogP contribution in [0.3, 0.4) is 0 Å². The number of aliphatic hydroxyl groups is 1. The van der Waals surface area contributed by atoms with E-state index in [4.69, 9.17) is 4.52 Å². The largest absolute Gasteiger partial charge is 0.394 e. The number of carbonyl (C=O) groups is 1. The first-order chi connectivity index (χ1) is 11.6. The van der Waals surface area contributed by atoms with Gasteiger partial charge in [-0.3, -0.25) is 4.79 Å². The van der Waals surface area contributed by atoms with Crippen LogP contribution in [0.5, 0.6) is 0 Å². The van der Waals surface area contributed by atoms with E-state index in [0.29, 0.717) is 23.8 Å². The molecule has 3 heterocycles. The zero-order valence-electron chi connectivity index (χ0n) is 13.4. The smallest absolute Gasteiger partial charge is 0.230 e. The van der Waals surface area contributed by atoms with Gasteiger partial charge in [-0.2, -0.15) is 5.10 Å². The van der Waals surface area contributed by atoms with Gasteiger partial charge in [0.1, 0.15) is 17.3 Å². The van der Waals surface area contributed by atoms with Gasteiger partial charge in [-0.1, -0.05) is 11.2 Å². The van der Waals surface area contributed by atoms with Crippen molar-refractivity contribution < 1.29 is 14.4 Å². The average molecular weight is 346 g/mol. The molecule has 3 aromatic rings. The zero-order chi connectivity index (χ0) is 17.1. The van der Waals surface area contributed by atoms with Crippen LogP contribution in [0.25, 0.3) is 10.6 Å². The summed E-state index contributed by atoms with van der Waals surface area (Å²) in [5.74, 6) is 1.02. The summed E-state index contributed by atoms with van der Waals surface area (Å²) < 4.78 is 6.68. The lowest BCUT2D eigenvalue weighted by Gasteiger charge is -2.07. The highest BCUT2D eigenvalue weighted by Gasteiger charge is 2.16. The predicted molar refractivity (Wildman–Crippen MR) is 90.9 cm³/mol. The first kappa shape index (κ1) is 16.4. The van der Waals surface area contributed by atoms with Crippen LogP contribution in [0.15, 0.2) is 28.1 Å². The minimum atomic E-state index is -0.179. The Morgan fingerprint density at radius 3 is 2.92 bits per heavy atom. The number of nitrogens with one attached hydrogen (secondary N) is 1. The maximum absolute atomic E-state index is 12.4. The number of anilines is 1. The molecule has 0 aliphatic rings. The van der Waals surface area contributed by atoms with E-state index in [-0.39, 0.29) is 18.9 Å². The lowest BCUT2D eigenvalue weighted by atomic mass is 10.1. The minimum absolute atomic E-state index is 0.0572. The molecule has 0 fully saturated rings. The lowest BCUT2D eigenvalue weighted by Crippen LogP contribution is -2.18. The van der Waals surface area contributed by atoms with Crippen molar-refractivity contribution in [3.63, 3.8) is 0 Å². The van der Waals surface area contributed by atoms with Crippen LogP contribution in [-0.4, -0.2) is 32.6 Å². The lowest BCUT2D eigenvalue weighted by molar-refractivity contribution is -0.115. The molecular formula is C16H18N4O3S. The number of hydrogen-bond acceptors (Lipinski definition) is 6. The summed E-state index contributed by atoms with van der Waals surface area (Å²) in [6.07, 6.45) is 0.180. The molecule has 1 amide bonds. The van der Waals surface area contributed by atoms with Gasteiger partial charge >= 0.3 is 0 Å². The number of hydrogen-bond donors (Lipinski definition) is 2. The Labute approximate surface area is 142 Å². The second kappa shape index (κ2) is 6.98. The van der Waals surface area contributed by atoms with E-state index >= 15 is 0 Å². The molecule has 0 bridgehead atoms. The molecule has 0 saturated carbocycles. The van der Waals surface area contributed by atoms with E-state index in [9.17, 15) is 9.90 Å². The number of nitrogens with zero attached hydrogens (tertiary/aromatic N) is 3. The van der Waals surface area contributed by atoms with Crippen LogP contribution in [0.1, 0.15) is 17.0 Å². The van der Waals surface area contributed by atoms with Crippen molar-refractivity contribution in [3.05, 3.63) is 40.6 Å². The van der Waals surface area contributed by atoms with Crippen LogP contribution in [0, 0.1) is 13.8 Å². The number of thiophene rings is 1. The van der Waals surface area contributed by atoms with E-state index in [1.54, 1.807) is 22.9 Å². The second-order valence-corrected chi connectivity index (χ2v) is 6.31. The van der Waals surface area contributed by atoms with Crippen LogP contribution in [-0.2, 0) is 17.8 Å². The number of carbonyl (C=O) groups excluding carboxylic acids is 1. The van der Waals surface area contributed by atoms with Gasteiger partial charge < -0.3 is 14.9 Å². The molecule has 0 radical (unpaired) electrons. The van der Waals surface area contributed by atoms with Crippen molar-refractivity contribution in [1.82, 2.24) is 14.9 Å². The Hall–Kier alpha value is -2.45. The molecule has 3 aromatic heterocycles. The van der Waals surface area contributed by atoms with Gasteiger partial charge in [-0.25, -0.2) is 4.68 Å². The zero-order valence-corrected chi connectivity index (χ0v) is 14.3. The van der Waals surface area contributed by atoms with Gasteiger partial charge in [0.05, 0.1) is 30.1 Å².